The first kappa shape index (κ1) is 18.4. The lowest BCUT2D eigenvalue weighted by Gasteiger charge is -2.40. The Labute approximate surface area is 174 Å². The highest BCUT2D eigenvalue weighted by molar-refractivity contribution is 8.33. The zero-order valence-electron chi connectivity index (χ0n) is 16.6. The van der Waals surface area contributed by atoms with E-state index in [9.17, 15) is 0 Å². The molecule has 0 radical (unpaired) electrons. The minimum Gasteiger partial charge on any atom is -0.269 e. The molecule has 1 fully saturated rings. The molecule has 0 spiro atoms. The summed E-state index contributed by atoms with van der Waals surface area (Å²) in [5.74, 6) is 2.40. The van der Waals surface area contributed by atoms with E-state index >= 15 is 0 Å². The zero-order valence-corrected chi connectivity index (χ0v) is 17.4. The van der Waals surface area contributed by atoms with Gasteiger partial charge >= 0.3 is 0 Å². The van der Waals surface area contributed by atoms with Crippen LogP contribution in [0.3, 0.4) is 0 Å². The van der Waals surface area contributed by atoms with Crippen molar-refractivity contribution in [3.63, 3.8) is 0 Å². The molecule has 0 amide bonds. The van der Waals surface area contributed by atoms with Crippen LogP contribution in [0.15, 0.2) is 111 Å². The van der Waals surface area contributed by atoms with Gasteiger partial charge in [0, 0.05) is 0 Å². The minimum atomic E-state index is -1.06. The number of hydrogen-bond donors (Lipinski definition) is 0. The molecular formula is C25H27N3S. The molecule has 0 saturated carbocycles. The standard InChI is InChI=1S/C25H27N3S/c1-4-10-21(11-5-1)20-28-25-17-19-29(18-16-24(25)26-27-28,22-12-6-2-7-13-22)23-14-8-3-9-15-23/h1-15,24-25H,16-20H2/t24-,25-/m1/s1. The van der Waals surface area contributed by atoms with Crippen molar-refractivity contribution >= 4 is 10.0 Å². The second kappa shape index (κ2) is 8.03. The Kier molecular flexibility index (Phi) is 5.11. The summed E-state index contributed by atoms with van der Waals surface area (Å²) in [4.78, 5) is 3.02. The summed E-state index contributed by atoms with van der Waals surface area (Å²) in [6.45, 7) is 0.852. The van der Waals surface area contributed by atoms with Gasteiger partial charge in [0.1, 0.15) is 0 Å². The van der Waals surface area contributed by atoms with Crippen LogP contribution >= 0.6 is 10.0 Å². The highest BCUT2D eigenvalue weighted by Crippen LogP contribution is 2.64. The Balaban J connectivity index is 1.45. The lowest BCUT2D eigenvalue weighted by Crippen LogP contribution is -2.34. The summed E-state index contributed by atoms with van der Waals surface area (Å²) in [5.41, 5.74) is 1.31. The van der Waals surface area contributed by atoms with E-state index in [1.807, 2.05) is 0 Å². The fraction of sp³-hybridized carbons (Fsp3) is 0.280. The lowest BCUT2D eigenvalue weighted by atomic mass is 10.0. The topological polar surface area (TPSA) is 28.0 Å². The summed E-state index contributed by atoms with van der Waals surface area (Å²) in [5, 5.41) is 11.5. The summed E-state index contributed by atoms with van der Waals surface area (Å²) >= 11 is 0. The molecule has 3 aromatic rings. The molecule has 0 N–H and O–H groups in total. The van der Waals surface area contributed by atoms with Gasteiger partial charge in [-0.05, 0) is 64.0 Å². The molecule has 0 aliphatic carbocycles. The van der Waals surface area contributed by atoms with Gasteiger partial charge in [-0.2, -0.15) is 15.1 Å². The van der Waals surface area contributed by atoms with E-state index in [2.05, 4.69) is 101 Å². The molecule has 3 aromatic carbocycles. The van der Waals surface area contributed by atoms with E-state index in [0.29, 0.717) is 12.1 Å². The van der Waals surface area contributed by atoms with Gasteiger partial charge < -0.3 is 0 Å². The van der Waals surface area contributed by atoms with E-state index in [0.717, 1.165) is 19.4 Å². The third kappa shape index (κ3) is 3.58. The Bertz CT molecular complexity index is 920. The molecular weight excluding hydrogens is 374 g/mol. The van der Waals surface area contributed by atoms with Gasteiger partial charge in [0.15, 0.2) is 0 Å². The molecule has 0 bridgehead atoms. The predicted molar refractivity (Wildman–Crippen MR) is 120 cm³/mol. The van der Waals surface area contributed by atoms with Crippen molar-refractivity contribution < 1.29 is 0 Å². The Morgan fingerprint density at radius 2 is 1.28 bits per heavy atom. The maximum Gasteiger partial charge on any atom is 0.0957 e. The molecule has 0 unspecified atom stereocenters. The average molecular weight is 402 g/mol. The minimum absolute atomic E-state index is 0.320. The van der Waals surface area contributed by atoms with Crippen molar-refractivity contribution in [2.24, 2.45) is 10.3 Å². The van der Waals surface area contributed by atoms with Crippen LogP contribution in [0.1, 0.15) is 18.4 Å². The largest absolute Gasteiger partial charge is 0.269 e. The molecule has 2 aliphatic heterocycles. The number of rotatable bonds is 4. The number of hydrogen-bond acceptors (Lipinski definition) is 3. The van der Waals surface area contributed by atoms with Gasteiger partial charge in [-0.1, -0.05) is 72.0 Å². The van der Waals surface area contributed by atoms with Crippen molar-refractivity contribution in [1.29, 1.82) is 0 Å². The maximum atomic E-state index is 4.71. The third-order valence-electron chi connectivity index (χ3n) is 6.24. The van der Waals surface area contributed by atoms with Gasteiger partial charge in [-0.15, -0.1) is 0 Å². The average Bonchev–Trinajstić information content (AvgIpc) is 3.06. The summed E-state index contributed by atoms with van der Waals surface area (Å²) in [6, 6.07) is 33.8. The highest BCUT2D eigenvalue weighted by atomic mass is 32.3. The van der Waals surface area contributed by atoms with Gasteiger partial charge in [0.25, 0.3) is 0 Å². The highest BCUT2D eigenvalue weighted by Gasteiger charge is 2.40. The second-order valence-electron chi connectivity index (χ2n) is 7.92. The maximum absolute atomic E-state index is 4.71. The molecule has 0 aromatic heterocycles. The lowest BCUT2D eigenvalue weighted by molar-refractivity contribution is 0.206. The Morgan fingerprint density at radius 3 is 1.90 bits per heavy atom. The summed E-state index contributed by atoms with van der Waals surface area (Å²) in [7, 11) is -1.06. The molecule has 1 saturated heterocycles. The fourth-order valence-corrected chi connectivity index (χ4v) is 8.76. The third-order valence-corrected chi connectivity index (χ3v) is 10.5. The van der Waals surface area contributed by atoms with Crippen molar-refractivity contribution in [3.05, 3.63) is 96.6 Å². The fourth-order valence-electron chi connectivity index (χ4n) is 4.70. The number of nitrogens with zero attached hydrogens (tertiary/aromatic N) is 3. The van der Waals surface area contributed by atoms with Gasteiger partial charge in [-0.3, -0.25) is 5.01 Å². The van der Waals surface area contributed by atoms with Crippen LogP contribution in [-0.2, 0) is 6.54 Å². The molecule has 5 rings (SSSR count). The molecule has 2 atom stereocenters. The molecule has 4 heteroatoms. The Hall–Kier alpha value is -2.59. The van der Waals surface area contributed by atoms with Crippen molar-refractivity contribution in [2.45, 2.75) is 41.3 Å². The van der Waals surface area contributed by atoms with E-state index in [1.54, 1.807) is 0 Å². The van der Waals surface area contributed by atoms with Crippen LogP contribution < -0.4 is 0 Å². The van der Waals surface area contributed by atoms with Crippen molar-refractivity contribution in [3.8, 4) is 0 Å². The molecule has 2 aliphatic rings. The normalized spacial score (nSPS) is 23.9. The van der Waals surface area contributed by atoms with Crippen LogP contribution in [0.4, 0.5) is 0 Å². The predicted octanol–water partition coefficient (Wildman–Crippen LogP) is 6.32. The van der Waals surface area contributed by atoms with E-state index < -0.39 is 10.0 Å². The van der Waals surface area contributed by atoms with Gasteiger partial charge in [0.2, 0.25) is 0 Å². The Morgan fingerprint density at radius 1 is 0.724 bits per heavy atom. The van der Waals surface area contributed by atoms with E-state index in [4.69, 9.17) is 5.11 Å². The van der Waals surface area contributed by atoms with Gasteiger partial charge in [0.05, 0.1) is 18.6 Å². The second-order valence-corrected chi connectivity index (χ2v) is 11.4. The van der Waals surface area contributed by atoms with Gasteiger partial charge in [-0.25, -0.2) is 0 Å². The van der Waals surface area contributed by atoms with Crippen molar-refractivity contribution in [2.75, 3.05) is 11.5 Å². The van der Waals surface area contributed by atoms with Crippen LogP contribution in [0, 0.1) is 0 Å². The number of fused-ring (bicyclic) bond motifs is 1. The van der Waals surface area contributed by atoms with E-state index in [1.165, 1.54) is 26.9 Å². The van der Waals surface area contributed by atoms with E-state index in [-0.39, 0.29) is 0 Å². The first-order valence-electron chi connectivity index (χ1n) is 10.5. The molecule has 3 nitrogen and oxygen atoms in total. The molecule has 29 heavy (non-hydrogen) atoms. The molecule has 2 heterocycles. The van der Waals surface area contributed by atoms with Crippen LogP contribution in [0.5, 0.6) is 0 Å². The monoisotopic (exact) mass is 401 g/mol. The summed E-state index contributed by atoms with van der Waals surface area (Å²) < 4.78 is 0. The van der Waals surface area contributed by atoms with Crippen molar-refractivity contribution in [1.82, 2.24) is 5.01 Å². The first-order valence-corrected chi connectivity index (χ1v) is 12.4. The van der Waals surface area contributed by atoms with Crippen LogP contribution in [0.2, 0.25) is 0 Å². The SMILES string of the molecule is c1ccc(CN2N=N[C@@H]3CCS(c4ccccc4)(c4ccccc4)CC[C@H]32)cc1. The smallest absolute Gasteiger partial charge is 0.0957 e. The molecule has 148 valence electrons. The zero-order chi connectivity index (χ0) is 19.5. The van der Waals surface area contributed by atoms with Crippen LogP contribution in [-0.4, -0.2) is 28.6 Å². The summed E-state index contributed by atoms with van der Waals surface area (Å²) in [6.07, 6.45) is 2.25. The number of benzene rings is 3. The quantitative estimate of drug-likeness (QED) is 0.502. The first-order chi connectivity index (χ1) is 14.4. The van der Waals surface area contributed by atoms with Crippen LogP contribution in [0.25, 0.3) is 0 Å².